The maximum atomic E-state index is 12.9. The molecule has 170 valence electrons. The van der Waals surface area contributed by atoms with Crippen molar-refractivity contribution in [1.29, 1.82) is 0 Å². The van der Waals surface area contributed by atoms with Crippen molar-refractivity contribution in [3.8, 4) is 17.2 Å². The van der Waals surface area contributed by atoms with Gasteiger partial charge in [-0.3, -0.25) is 0 Å². The van der Waals surface area contributed by atoms with Gasteiger partial charge in [-0.1, -0.05) is 29.8 Å². The number of esters is 1. The van der Waals surface area contributed by atoms with E-state index in [4.69, 9.17) is 14.2 Å². The molecule has 0 bridgehead atoms. The standard InChI is InChI=1S/C28H29NO4/c1-5-31-23-13-11-22(12-14-23)29-20(4)27(28(30)32-6-2)25-17-24(15-16-26(25)29)33-18-21-9-7-19(3)8-10-21/h7-17H,5-6,18H2,1-4H3. The van der Waals surface area contributed by atoms with E-state index >= 15 is 0 Å². The van der Waals surface area contributed by atoms with E-state index in [0.717, 1.165) is 33.6 Å². The van der Waals surface area contributed by atoms with Crippen LogP contribution in [-0.2, 0) is 11.3 Å². The SMILES string of the molecule is CCOC(=O)c1c(C)n(-c2ccc(OCC)cc2)c2ccc(OCc3ccc(C)cc3)cc12. The van der Waals surface area contributed by atoms with Crippen molar-refractivity contribution in [2.45, 2.75) is 34.3 Å². The lowest BCUT2D eigenvalue weighted by Gasteiger charge is -2.11. The average Bonchev–Trinajstić information content (AvgIpc) is 3.10. The highest BCUT2D eigenvalue weighted by Gasteiger charge is 2.22. The number of nitrogens with zero attached hydrogens (tertiary/aromatic N) is 1. The number of fused-ring (bicyclic) bond motifs is 1. The number of carbonyl (C=O) groups excluding carboxylic acids is 1. The minimum Gasteiger partial charge on any atom is -0.494 e. The zero-order valence-electron chi connectivity index (χ0n) is 19.6. The number of ether oxygens (including phenoxy) is 3. The molecule has 0 aliphatic heterocycles. The summed E-state index contributed by atoms with van der Waals surface area (Å²) in [6.45, 7) is 9.17. The normalized spacial score (nSPS) is 10.9. The monoisotopic (exact) mass is 443 g/mol. The lowest BCUT2D eigenvalue weighted by molar-refractivity contribution is 0.0527. The maximum Gasteiger partial charge on any atom is 0.340 e. The van der Waals surface area contributed by atoms with Gasteiger partial charge in [-0.2, -0.15) is 0 Å². The van der Waals surface area contributed by atoms with Crippen LogP contribution in [0.25, 0.3) is 16.6 Å². The second-order valence-corrected chi connectivity index (χ2v) is 7.90. The third-order valence-corrected chi connectivity index (χ3v) is 5.59. The van der Waals surface area contributed by atoms with Crippen LogP contribution in [0, 0.1) is 13.8 Å². The molecule has 0 fully saturated rings. The second-order valence-electron chi connectivity index (χ2n) is 7.90. The van der Waals surface area contributed by atoms with Crippen LogP contribution < -0.4 is 9.47 Å². The van der Waals surface area contributed by atoms with Gasteiger partial charge >= 0.3 is 5.97 Å². The number of carbonyl (C=O) groups is 1. The van der Waals surface area contributed by atoms with E-state index < -0.39 is 0 Å². The molecule has 5 heteroatoms. The van der Waals surface area contributed by atoms with E-state index in [9.17, 15) is 4.79 Å². The summed E-state index contributed by atoms with van der Waals surface area (Å²) < 4.78 is 19.1. The molecule has 0 atom stereocenters. The smallest absolute Gasteiger partial charge is 0.340 e. The van der Waals surface area contributed by atoms with Crippen LogP contribution in [0.1, 0.15) is 41.0 Å². The van der Waals surface area contributed by atoms with Gasteiger partial charge in [0.15, 0.2) is 0 Å². The summed E-state index contributed by atoms with van der Waals surface area (Å²) in [6.07, 6.45) is 0. The first-order chi connectivity index (χ1) is 16.0. The van der Waals surface area contributed by atoms with Crippen LogP contribution in [0.3, 0.4) is 0 Å². The summed E-state index contributed by atoms with van der Waals surface area (Å²) in [5.41, 5.74) is 5.55. The van der Waals surface area contributed by atoms with Crippen molar-refractivity contribution in [1.82, 2.24) is 4.57 Å². The molecule has 0 spiro atoms. The zero-order chi connectivity index (χ0) is 23.4. The first-order valence-corrected chi connectivity index (χ1v) is 11.3. The van der Waals surface area contributed by atoms with Crippen molar-refractivity contribution in [3.05, 3.63) is 89.1 Å². The Hall–Kier alpha value is -3.73. The van der Waals surface area contributed by atoms with E-state index in [1.165, 1.54) is 5.56 Å². The molecule has 0 N–H and O–H groups in total. The molecule has 0 amide bonds. The average molecular weight is 444 g/mol. The first-order valence-electron chi connectivity index (χ1n) is 11.3. The Morgan fingerprint density at radius 3 is 2.18 bits per heavy atom. The molecular formula is C28H29NO4. The number of benzene rings is 3. The highest BCUT2D eigenvalue weighted by Crippen LogP contribution is 2.33. The highest BCUT2D eigenvalue weighted by molar-refractivity contribution is 6.07. The van der Waals surface area contributed by atoms with Crippen molar-refractivity contribution in [2.75, 3.05) is 13.2 Å². The Morgan fingerprint density at radius 1 is 0.818 bits per heavy atom. The molecule has 3 aromatic carbocycles. The van der Waals surface area contributed by atoms with Gasteiger partial charge < -0.3 is 18.8 Å². The Bertz CT molecular complexity index is 1250. The van der Waals surface area contributed by atoms with Gasteiger partial charge in [0.1, 0.15) is 18.1 Å². The fourth-order valence-electron chi connectivity index (χ4n) is 3.99. The minimum absolute atomic E-state index is 0.317. The molecule has 0 saturated heterocycles. The lowest BCUT2D eigenvalue weighted by Crippen LogP contribution is -2.07. The van der Waals surface area contributed by atoms with Gasteiger partial charge in [0, 0.05) is 16.8 Å². The van der Waals surface area contributed by atoms with Gasteiger partial charge in [0.05, 0.1) is 24.3 Å². The highest BCUT2D eigenvalue weighted by atomic mass is 16.5. The predicted octanol–water partition coefficient (Wildman–Crippen LogP) is 6.40. The molecule has 33 heavy (non-hydrogen) atoms. The third kappa shape index (κ3) is 4.72. The minimum atomic E-state index is -0.333. The van der Waals surface area contributed by atoms with Gasteiger partial charge in [-0.05, 0) is 75.7 Å². The Kier molecular flexibility index (Phi) is 6.68. The molecule has 0 radical (unpaired) electrons. The van der Waals surface area contributed by atoms with Crippen molar-refractivity contribution in [2.24, 2.45) is 0 Å². The number of hydrogen-bond donors (Lipinski definition) is 0. The van der Waals surface area contributed by atoms with Crippen LogP contribution in [0.5, 0.6) is 11.5 Å². The van der Waals surface area contributed by atoms with E-state index in [1.54, 1.807) is 0 Å². The maximum absolute atomic E-state index is 12.9. The van der Waals surface area contributed by atoms with Gasteiger partial charge in [-0.15, -0.1) is 0 Å². The van der Waals surface area contributed by atoms with E-state index in [-0.39, 0.29) is 5.97 Å². The number of aromatic nitrogens is 1. The third-order valence-electron chi connectivity index (χ3n) is 5.59. The van der Waals surface area contributed by atoms with E-state index in [2.05, 4.69) is 35.8 Å². The first kappa shape index (κ1) is 22.5. The molecule has 0 saturated carbocycles. The topological polar surface area (TPSA) is 49.7 Å². The Balaban J connectivity index is 1.74. The lowest BCUT2D eigenvalue weighted by atomic mass is 10.1. The summed E-state index contributed by atoms with van der Waals surface area (Å²) in [5.74, 6) is 1.19. The quantitative estimate of drug-likeness (QED) is 0.296. The summed E-state index contributed by atoms with van der Waals surface area (Å²) >= 11 is 0. The fraction of sp³-hybridized carbons (Fsp3) is 0.250. The van der Waals surface area contributed by atoms with Gasteiger partial charge in [0.25, 0.3) is 0 Å². The predicted molar refractivity (Wildman–Crippen MR) is 131 cm³/mol. The van der Waals surface area contributed by atoms with Crippen LogP contribution >= 0.6 is 0 Å². The van der Waals surface area contributed by atoms with Crippen LogP contribution in [-0.4, -0.2) is 23.8 Å². The molecule has 5 nitrogen and oxygen atoms in total. The summed E-state index contributed by atoms with van der Waals surface area (Å²) in [5, 5.41) is 0.807. The second kappa shape index (κ2) is 9.82. The molecule has 1 aromatic heterocycles. The van der Waals surface area contributed by atoms with E-state index in [0.29, 0.717) is 31.1 Å². The molecule has 0 aliphatic carbocycles. The number of hydrogen-bond acceptors (Lipinski definition) is 4. The molecule has 1 heterocycles. The largest absolute Gasteiger partial charge is 0.494 e. The molecule has 0 unspecified atom stereocenters. The van der Waals surface area contributed by atoms with Crippen molar-refractivity contribution >= 4 is 16.9 Å². The van der Waals surface area contributed by atoms with Crippen LogP contribution in [0.15, 0.2) is 66.7 Å². The summed E-state index contributed by atoms with van der Waals surface area (Å²) in [7, 11) is 0. The Morgan fingerprint density at radius 2 is 1.52 bits per heavy atom. The van der Waals surface area contributed by atoms with Gasteiger partial charge in [-0.25, -0.2) is 4.79 Å². The molecular weight excluding hydrogens is 414 g/mol. The van der Waals surface area contributed by atoms with Crippen LogP contribution in [0.2, 0.25) is 0 Å². The van der Waals surface area contributed by atoms with E-state index in [1.807, 2.05) is 63.2 Å². The number of rotatable bonds is 8. The Labute approximate surface area is 194 Å². The summed E-state index contributed by atoms with van der Waals surface area (Å²) in [6, 6.07) is 22.0. The zero-order valence-corrected chi connectivity index (χ0v) is 19.6. The van der Waals surface area contributed by atoms with Crippen LogP contribution in [0.4, 0.5) is 0 Å². The fourth-order valence-corrected chi connectivity index (χ4v) is 3.99. The van der Waals surface area contributed by atoms with Crippen molar-refractivity contribution < 1.29 is 19.0 Å². The summed E-state index contributed by atoms with van der Waals surface area (Å²) in [4.78, 5) is 12.9. The molecule has 0 aliphatic rings. The number of aryl methyl sites for hydroxylation is 1. The van der Waals surface area contributed by atoms with Crippen molar-refractivity contribution in [3.63, 3.8) is 0 Å². The molecule has 4 aromatic rings. The van der Waals surface area contributed by atoms with Gasteiger partial charge in [0.2, 0.25) is 0 Å². The molecule has 4 rings (SSSR count).